The van der Waals surface area contributed by atoms with Crippen molar-refractivity contribution < 1.29 is 0 Å². The smallest absolute Gasteiger partial charge is 0.198 e. The minimum absolute atomic E-state index is 0.0957. The van der Waals surface area contributed by atoms with Crippen molar-refractivity contribution in [3.8, 4) is 0 Å². The third kappa shape index (κ3) is 3.73. The predicted molar refractivity (Wildman–Crippen MR) is 99.0 cm³/mol. The third-order valence-corrected chi connectivity index (χ3v) is 3.83. The molecule has 0 saturated carbocycles. The van der Waals surface area contributed by atoms with E-state index in [0.717, 1.165) is 17.8 Å². The number of nitrogens with one attached hydrogen (secondary N) is 1. The Hall–Kier alpha value is -2.85. The molecule has 24 heavy (non-hydrogen) atoms. The molecule has 0 saturated heterocycles. The molecule has 0 aliphatic carbocycles. The first-order chi connectivity index (χ1) is 11.6. The molecule has 0 aliphatic heterocycles. The maximum absolute atomic E-state index is 7.90. The van der Waals surface area contributed by atoms with Crippen LogP contribution in [0.15, 0.2) is 72.8 Å². The van der Waals surface area contributed by atoms with Crippen LogP contribution in [0.25, 0.3) is 0 Å². The summed E-state index contributed by atoms with van der Waals surface area (Å²) in [6, 6.07) is 23.0. The molecule has 1 heterocycles. The van der Waals surface area contributed by atoms with E-state index in [1.807, 2.05) is 48.5 Å². The second-order valence-corrected chi connectivity index (χ2v) is 5.78. The second kappa shape index (κ2) is 7.15. The van der Waals surface area contributed by atoms with Gasteiger partial charge in [0, 0.05) is 17.1 Å². The lowest BCUT2D eigenvalue weighted by atomic mass is 10.1. The molecular formula is C19H17ClN4. The van der Waals surface area contributed by atoms with Gasteiger partial charge in [-0.2, -0.15) is 0 Å². The summed E-state index contributed by atoms with van der Waals surface area (Å²) in [6.45, 7) is 0. The van der Waals surface area contributed by atoms with Crippen LogP contribution in [0.4, 0.5) is 11.5 Å². The molecule has 0 aliphatic rings. The first-order valence-corrected chi connectivity index (χ1v) is 7.91. The summed E-state index contributed by atoms with van der Waals surface area (Å²) < 4.78 is 0. The summed E-state index contributed by atoms with van der Waals surface area (Å²) in [5, 5.41) is 8.54. The van der Waals surface area contributed by atoms with Gasteiger partial charge in [-0.15, -0.1) is 0 Å². The van der Waals surface area contributed by atoms with Gasteiger partial charge in [0.15, 0.2) is 5.96 Å². The van der Waals surface area contributed by atoms with Crippen molar-refractivity contribution in [2.45, 2.75) is 6.42 Å². The van der Waals surface area contributed by atoms with E-state index in [2.05, 4.69) is 17.1 Å². The monoisotopic (exact) mass is 336 g/mol. The predicted octanol–water partition coefficient (Wildman–Crippen LogP) is 4.36. The minimum Gasteiger partial charge on any atom is -0.369 e. The number of hydrogen-bond donors (Lipinski definition) is 2. The van der Waals surface area contributed by atoms with E-state index in [4.69, 9.17) is 22.7 Å². The number of nitrogens with zero attached hydrogens (tertiary/aromatic N) is 2. The van der Waals surface area contributed by atoms with Gasteiger partial charge < -0.3 is 5.73 Å². The normalized spacial score (nSPS) is 10.4. The zero-order valence-electron chi connectivity index (χ0n) is 13.0. The van der Waals surface area contributed by atoms with E-state index in [0.29, 0.717) is 10.8 Å². The third-order valence-electron chi connectivity index (χ3n) is 3.57. The maximum atomic E-state index is 7.90. The minimum atomic E-state index is -0.0957. The fraction of sp³-hybridized carbons (Fsp3) is 0.0526. The summed E-state index contributed by atoms with van der Waals surface area (Å²) in [4.78, 5) is 6.25. The SMILES string of the molecule is N=C(N)N(c1ccc(Cl)cc1)c1cccc(Cc2ccccc2)n1. The van der Waals surface area contributed by atoms with E-state index in [-0.39, 0.29) is 5.96 Å². The van der Waals surface area contributed by atoms with Crippen LogP contribution in [-0.4, -0.2) is 10.9 Å². The van der Waals surface area contributed by atoms with Gasteiger partial charge in [-0.1, -0.05) is 48.0 Å². The highest BCUT2D eigenvalue weighted by Gasteiger charge is 2.14. The van der Waals surface area contributed by atoms with Gasteiger partial charge in [-0.3, -0.25) is 10.3 Å². The largest absolute Gasteiger partial charge is 0.369 e. The fourth-order valence-corrected chi connectivity index (χ4v) is 2.61. The van der Waals surface area contributed by atoms with Crippen LogP contribution in [-0.2, 0) is 6.42 Å². The molecule has 2 aromatic carbocycles. The van der Waals surface area contributed by atoms with Gasteiger partial charge in [-0.05, 0) is 42.0 Å². The van der Waals surface area contributed by atoms with Crippen molar-refractivity contribution in [2.24, 2.45) is 5.73 Å². The summed E-state index contributed by atoms with van der Waals surface area (Å²) in [6.07, 6.45) is 0.723. The summed E-state index contributed by atoms with van der Waals surface area (Å²) in [5.74, 6) is 0.514. The van der Waals surface area contributed by atoms with E-state index >= 15 is 0 Å². The lowest BCUT2D eigenvalue weighted by Crippen LogP contribution is -2.33. The molecule has 0 atom stereocenters. The Kier molecular flexibility index (Phi) is 4.77. The van der Waals surface area contributed by atoms with Gasteiger partial charge in [-0.25, -0.2) is 4.98 Å². The van der Waals surface area contributed by atoms with Crippen LogP contribution in [0.5, 0.6) is 0 Å². The number of aromatic nitrogens is 1. The summed E-state index contributed by atoms with van der Waals surface area (Å²) >= 11 is 5.94. The van der Waals surface area contributed by atoms with E-state index in [1.165, 1.54) is 5.56 Å². The van der Waals surface area contributed by atoms with Crippen LogP contribution in [0.1, 0.15) is 11.3 Å². The molecule has 3 N–H and O–H groups in total. The summed E-state index contributed by atoms with van der Waals surface area (Å²) in [7, 11) is 0. The standard InChI is InChI=1S/C19H17ClN4/c20-15-9-11-17(12-10-15)24(19(21)22)18-8-4-7-16(23-18)13-14-5-2-1-3-6-14/h1-12H,13H2,(H3,21,22). The quantitative estimate of drug-likeness (QED) is 0.549. The molecule has 4 nitrogen and oxygen atoms in total. The first kappa shape index (κ1) is 16.0. The highest BCUT2D eigenvalue weighted by atomic mass is 35.5. The topological polar surface area (TPSA) is 66.0 Å². The number of hydrogen-bond acceptors (Lipinski definition) is 2. The Labute approximate surface area is 146 Å². The van der Waals surface area contributed by atoms with Crippen LogP contribution in [0, 0.1) is 5.41 Å². The van der Waals surface area contributed by atoms with Gasteiger partial charge >= 0.3 is 0 Å². The van der Waals surface area contributed by atoms with Crippen LogP contribution >= 0.6 is 11.6 Å². The van der Waals surface area contributed by atoms with Crippen LogP contribution < -0.4 is 10.6 Å². The van der Waals surface area contributed by atoms with Crippen molar-refractivity contribution in [3.63, 3.8) is 0 Å². The lowest BCUT2D eigenvalue weighted by molar-refractivity contribution is 1.05. The maximum Gasteiger partial charge on any atom is 0.198 e. The number of halogens is 1. The average Bonchev–Trinajstić information content (AvgIpc) is 2.58. The lowest BCUT2D eigenvalue weighted by Gasteiger charge is -2.22. The van der Waals surface area contributed by atoms with E-state index in [1.54, 1.807) is 17.0 Å². The zero-order valence-corrected chi connectivity index (χ0v) is 13.7. The molecule has 1 aromatic heterocycles. The Morgan fingerprint density at radius 1 is 0.958 bits per heavy atom. The number of anilines is 2. The number of rotatable bonds is 4. The van der Waals surface area contributed by atoms with Crippen molar-refractivity contribution in [3.05, 3.63) is 89.1 Å². The number of guanidine groups is 1. The Morgan fingerprint density at radius 3 is 2.33 bits per heavy atom. The van der Waals surface area contributed by atoms with Crippen LogP contribution in [0.3, 0.4) is 0 Å². The molecule has 120 valence electrons. The molecule has 0 radical (unpaired) electrons. The van der Waals surface area contributed by atoms with E-state index < -0.39 is 0 Å². The molecular weight excluding hydrogens is 320 g/mol. The first-order valence-electron chi connectivity index (χ1n) is 7.53. The molecule has 5 heteroatoms. The number of benzene rings is 2. The van der Waals surface area contributed by atoms with Gasteiger partial charge in [0.2, 0.25) is 0 Å². The van der Waals surface area contributed by atoms with Crippen molar-refractivity contribution >= 4 is 29.1 Å². The second-order valence-electron chi connectivity index (χ2n) is 5.35. The molecule has 0 amide bonds. The van der Waals surface area contributed by atoms with Gasteiger partial charge in [0.1, 0.15) is 5.82 Å². The molecule has 0 unspecified atom stereocenters. The Morgan fingerprint density at radius 2 is 1.67 bits per heavy atom. The molecule has 3 rings (SSSR count). The molecule has 0 spiro atoms. The van der Waals surface area contributed by atoms with Crippen LogP contribution in [0.2, 0.25) is 5.02 Å². The van der Waals surface area contributed by atoms with Crippen molar-refractivity contribution in [1.82, 2.24) is 4.98 Å². The highest BCUT2D eigenvalue weighted by molar-refractivity contribution is 6.30. The molecule has 0 fully saturated rings. The van der Waals surface area contributed by atoms with Crippen molar-refractivity contribution in [2.75, 3.05) is 4.90 Å². The highest BCUT2D eigenvalue weighted by Crippen LogP contribution is 2.25. The van der Waals surface area contributed by atoms with E-state index in [9.17, 15) is 0 Å². The van der Waals surface area contributed by atoms with Crippen molar-refractivity contribution in [1.29, 1.82) is 5.41 Å². The summed E-state index contributed by atoms with van der Waals surface area (Å²) in [5.41, 5.74) is 8.62. The zero-order chi connectivity index (χ0) is 16.9. The van der Waals surface area contributed by atoms with Gasteiger partial charge in [0.25, 0.3) is 0 Å². The average molecular weight is 337 g/mol. The Bertz CT molecular complexity index is 832. The fourth-order valence-electron chi connectivity index (χ4n) is 2.48. The van der Waals surface area contributed by atoms with Gasteiger partial charge in [0.05, 0.1) is 5.69 Å². The number of pyridine rings is 1. The molecule has 3 aromatic rings. The number of nitrogens with two attached hydrogens (primary N) is 1. The Balaban J connectivity index is 1.93. The molecule has 0 bridgehead atoms.